The maximum atomic E-state index is 11.2. The molecule has 0 aliphatic rings. The summed E-state index contributed by atoms with van der Waals surface area (Å²) in [7, 11) is 0. The topological polar surface area (TPSA) is 108 Å². The number of carbonyl (C=O) groups is 1. The summed E-state index contributed by atoms with van der Waals surface area (Å²) in [5.74, 6) is 1.41. The van der Waals surface area contributed by atoms with Crippen molar-refractivity contribution < 1.29 is 4.79 Å². The second-order valence-electron chi connectivity index (χ2n) is 6.55. The first-order valence-corrected chi connectivity index (χ1v) is 9.85. The highest BCUT2D eigenvalue weighted by Crippen LogP contribution is 2.20. The van der Waals surface area contributed by atoms with Crippen LogP contribution in [0.15, 0.2) is 48.8 Å². The second kappa shape index (κ2) is 10.1. The molecule has 156 valence electrons. The summed E-state index contributed by atoms with van der Waals surface area (Å²) < 4.78 is 0. The summed E-state index contributed by atoms with van der Waals surface area (Å²) in [6.45, 7) is 7.72. The number of nitrogens with zero attached hydrogens (tertiary/aromatic N) is 5. The van der Waals surface area contributed by atoms with Crippen molar-refractivity contribution in [1.82, 2.24) is 19.9 Å². The molecule has 1 amide bonds. The quantitative estimate of drug-likeness (QED) is 0.496. The lowest BCUT2D eigenvalue weighted by Gasteiger charge is -2.20. The number of aromatic nitrogens is 4. The van der Waals surface area contributed by atoms with E-state index in [1.165, 1.54) is 6.92 Å². The molecule has 2 heterocycles. The highest BCUT2D eigenvalue weighted by Gasteiger charge is 2.12. The lowest BCUT2D eigenvalue weighted by molar-refractivity contribution is -0.114. The number of amides is 1. The molecule has 2 aromatic heterocycles. The van der Waals surface area contributed by atoms with Crippen molar-refractivity contribution >= 4 is 35.1 Å². The van der Waals surface area contributed by atoms with Gasteiger partial charge in [0, 0.05) is 50.3 Å². The first-order chi connectivity index (χ1) is 14.6. The first-order valence-electron chi connectivity index (χ1n) is 9.85. The van der Waals surface area contributed by atoms with Crippen molar-refractivity contribution in [2.75, 3.05) is 33.9 Å². The van der Waals surface area contributed by atoms with Gasteiger partial charge < -0.3 is 20.9 Å². The number of anilines is 5. The largest absolute Gasteiger partial charge is 0.350 e. The van der Waals surface area contributed by atoms with Gasteiger partial charge in [0.15, 0.2) is 0 Å². The van der Waals surface area contributed by atoms with E-state index in [2.05, 4.69) is 54.6 Å². The minimum Gasteiger partial charge on any atom is -0.350 e. The molecule has 3 rings (SSSR count). The van der Waals surface area contributed by atoms with Gasteiger partial charge in [0.25, 0.3) is 0 Å². The number of pyridine rings is 1. The zero-order valence-electron chi connectivity index (χ0n) is 17.4. The minimum atomic E-state index is -0.110. The van der Waals surface area contributed by atoms with E-state index in [4.69, 9.17) is 0 Å². The van der Waals surface area contributed by atoms with Gasteiger partial charge in [0.2, 0.25) is 23.8 Å². The summed E-state index contributed by atoms with van der Waals surface area (Å²) in [4.78, 5) is 31.0. The molecule has 0 saturated carbocycles. The summed E-state index contributed by atoms with van der Waals surface area (Å²) in [5.41, 5.74) is 2.57. The van der Waals surface area contributed by atoms with E-state index < -0.39 is 0 Å². The van der Waals surface area contributed by atoms with Crippen LogP contribution in [0, 0.1) is 0 Å². The van der Waals surface area contributed by atoms with Gasteiger partial charge in [-0.1, -0.05) is 6.07 Å². The van der Waals surface area contributed by atoms with Crippen molar-refractivity contribution in [3.63, 3.8) is 0 Å². The van der Waals surface area contributed by atoms with E-state index in [0.29, 0.717) is 24.4 Å². The summed E-state index contributed by atoms with van der Waals surface area (Å²) >= 11 is 0. The van der Waals surface area contributed by atoms with Gasteiger partial charge in [-0.15, -0.1) is 0 Å². The molecule has 0 bridgehead atoms. The van der Waals surface area contributed by atoms with Gasteiger partial charge in [-0.25, -0.2) is 0 Å². The van der Waals surface area contributed by atoms with Crippen molar-refractivity contribution in [2.24, 2.45) is 0 Å². The average Bonchev–Trinajstić information content (AvgIpc) is 2.75. The molecule has 0 spiro atoms. The van der Waals surface area contributed by atoms with E-state index in [1.54, 1.807) is 12.4 Å². The molecule has 0 fully saturated rings. The second-order valence-corrected chi connectivity index (χ2v) is 6.55. The van der Waals surface area contributed by atoms with E-state index in [9.17, 15) is 4.79 Å². The highest BCUT2D eigenvalue weighted by atomic mass is 16.1. The monoisotopic (exact) mass is 406 g/mol. The maximum absolute atomic E-state index is 11.2. The molecule has 9 heteroatoms. The number of hydrogen-bond acceptors (Lipinski definition) is 8. The fourth-order valence-electron chi connectivity index (χ4n) is 2.80. The Kier molecular flexibility index (Phi) is 7.09. The molecular weight excluding hydrogens is 380 g/mol. The molecule has 3 aromatic rings. The average molecular weight is 406 g/mol. The van der Waals surface area contributed by atoms with Crippen LogP contribution in [0.2, 0.25) is 0 Å². The first kappa shape index (κ1) is 21.0. The zero-order valence-corrected chi connectivity index (χ0v) is 17.4. The van der Waals surface area contributed by atoms with Crippen molar-refractivity contribution in [2.45, 2.75) is 27.3 Å². The molecule has 1 aromatic carbocycles. The molecule has 0 unspecified atom stereocenters. The van der Waals surface area contributed by atoms with Crippen LogP contribution in [-0.2, 0) is 11.3 Å². The van der Waals surface area contributed by atoms with Gasteiger partial charge in [0.05, 0.1) is 0 Å². The Hall–Kier alpha value is -3.75. The Labute approximate surface area is 176 Å². The predicted octanol–water partition coefficient (Wildman–Crippen LogP) is 3.43. The lowest BCUT2D eigenvalue weighted by Crippen LogP contribution is -2.25. The number of carbonyl (C=O) groups excluding carboxylic acids is 1. The predicted molar refractivity (Wildman–Crippen MR) is 119 cm³/mol. The van der Waals surface area contributed by atoms with Crippen molar-refractivity contribution in [1.29, 1.82) is 0 Å². The van der Waals surface area contributed by atoms with Crippen LogP contribution in [0.1, 0.15) is 26.3 Å². The summed E-state index contributed by atoms with van der Waals surface area (Å²) in [5, 5.41) is 9.20. The molecule has 9 nitrogen and oxygen atoms in total. The number of hydrogen-bond donors (Lipinski definition) is 3. The summed E-state index contributed by atoms with van der Waals surface area (Å²) in [6, 6.07) is 11.2. The standard InChI is InChI=1S/C21H26N8O/c1-4-29(5-2)21-27-19(23-14-16-7-6-12-22-13-16)26-20(28-21)25-18-10-8-17(9-11-18)24-15(3)30/h6-13H,4-5,14H2,1-3H3,(H,24,30)(H2,23,25,26,27,28). The number of rotatable bonds is 9. The van der Waals surface area contributed by atoms with Gasteiger partial charge in [0.1, 0.15) is 0 Å². The Morgan fingerprint density at radius 3 is 2.30 bits per heavy atom. The SMILES string of the molecule is CCN(CC)c1nc(NCc2cccnc2)nc(Nc2ccc(NC(C)=O)cc2)n1. The van der Waals surface area contributed by atoms with Crippen molar-refractivity contribution in [3.05, 3.63) is 54.4 Å². The summed E-state index contributed by atoms with van der Waals surface area (Å²) in [6.07, 6.45) is 3.54. The fourth-order valence-corrected chi connectivity index (χ4v) is 2.80. The Morgan fingerprint density at radius 2 is 1.67 bits per heavy atom. The van der Waals surface area contributed by atoms with Gasteiger partial charge >= 0.3 is 0 Å². The number of benzene rings is 1. The van der Waals surface area contributed by atoms with E-state index >= 15 is 0 Å². The maximum Gasteiger partial charge on any atom is 0.233 e. The molecule has 0 saturated heterocycles. The van der Waals surface area contributed by atoms with Gasteiger partial charge in [-0.05, 0) is 49.7 Å². The molecule has 30 heavy (non-hydrogen) atoms. The van der Waals surface area contributed by atoms with E-state index in [0.717, 1.165) is 30.0 Å². The highest BCUT2D eigenvalue weighted by molar-refractivity contribution is 5.88. The Bertz CT molecular complexity index is 959. The molecule has 0 atom stereocenters. The van der Waals surface area contributed by atoms with Crippen LogP contribution in [0.3, 0.4) is 0 Å². The Morgan fingerprint density at radius 1 is 0.967 bits per heavy atom. The molecular formula is C21H26N8O. The van der Waals surface area contributed by atoms with Crippen LogP contribution in [0.5, 0.6) is 0 Å². The molecule has 0 aliphatic carbocycles. The molecule has 0 radical (unpaired) electrons. The fraction of sp³-hybridized carbons (Fsp3) is 0.286. The van der Waals surface area contributed by atoms with Gasteiger partial charge in [-0.3, -0.25) is 9.78 Å². The van der Waals surface area contributed by atoms with Crippen LogP contribution >= 0.6 is 0 Å². The van der Waals surface area contributed by atoms with Crippen LogP contribution in [0.25, 0.3) is 0 Å². The van der Waals surface area contributed by atoms with Crippen LogP contribution < -0.4 is 20.9 Å². The van der Waals surface area contributed by atoms with Crippen molar-refractivity contribution in [3.8, 4) is 0 Å². The van der Waals surface area contributed by atoms with Gasteiger partial charge in [-0.2, -0.15) is 15.0 Å². The third-order valence-corrected chi connectivity index (χ3v) is 4.30. The van der Waals surface area contributed by atoms with E-state index in [1.807, 2.05) is 36.4 Å². The molecule has 0 aliphatic heterocycles. The lowest BCUT2D eigenvalue weighted by atomic mass is 10.3. The third kappa shape index (κ3) is 5.87. The van der Waals surface area contributed by atoms with Crippen LogP contribution in [-0.4, -0.2) is 38.9 Å². The molecule has 3 N–H and O–H groups in total. The number of nitrogens with one attached hydrogen (secondary N) is 3. The van der Waals surface area contributed by atoms with E-state index in [-0.39, 0.29) is 5.91 Å². The Balaban J connectivity index is 1.81. The third-order valence-electron chi connectivity index (χ3n) is 4.30. The minimum absolute atomic E-state index is 0.110. The van der Waals surface area contributed by atoms with Crippen LogP contribution in [0.4, 0.5) is 29.2 Å². The normalized spacial score (nSPS) is 10.4. The zero-order chi connectivity index (χ0) is 21.3. The smallest absolute Gasteiger partial charge is 0.233 e.